The van der Waals surface area contributed by atoms with E-state index in [1.807, 2.05) is 24.3 Å². The van der Waals surface area contributed by atoms with E-state index in [0.29, 0.717) is 23.4 Å². The molecule has 0 aromatic heterocycles. The Balaban J connectivity index is 1.47. The van der Waals surface area contributed by atoms with Gasteiger partial charge in [0, 0.05) is 34.8 Å². The predicted molar refractivity (Wildman–Crippen MR) is 94.1 cm³/mol. The van der Waals surface area contributed by atoms with E-state index in [-0.39, 0.29) is 12.0 Å². The van der Waals surface area contributed by atoms with Crippen molar-refractivity contribution in [1.29, 1.82) is 0 Å². The van der Waals surface area contributed by atoms with E-state index in [0.717, 1.165) is 13.2 Å². The van der Waals surface area contributed by atoms with Gasteiger partial charge in [0.1, 0.15) is 0 Å². The molecule has 1 N–H and O–H groups in total. The molecule has 23 heavy (non-hydrogen) atoms. The number of fused-ring (bicyclic) bond motifs is 1. The van der Waals surface area contributed by atoms with E-state index < -0.39 is 0 Å². The van der Waals surface area contributed by atoms with Gasteiger partial charge in [-0.3, -0.25) is 9.69 Å². The summed E-state index contributed by atoms with van der Waals surface area (Å²) in [5.41, 5.74) is 0.716. The highest BCUT2D eigenvalue weighted by atomic mass is 32.2. The molecule has 0 unspecified atom stereocenters. The molecule has 2 aliphatic heterocycles. The van der Waals surface area contributed by atoms with Gasteiger partial charge in [-0.25, -0.2) is 0 Å². The van der Waals surface area contributed by atoms with Crippen molar-refractivity contribution in [1.82, 2.24) is 10.2 Å². The second kappa shape index (κ2) is 7.69. The zero-order valence-corrected chi connectivity index (χ0v) is 14.8. The molecule has 5 heteroatoms. The number of thioether (sulfide) groups is 1. The molecule has 0 spiro atoms. The summed E-state index contributed by atoms with van der Waals surface area (Å²) in [6, 6.07) is 8.45. The maximum Gasteiger partial charge on any atom is 0.251 e. The van der Waals surface area contributed by atoms with Gasteiger partial charge in [-0.15, -0.1) is 11.8 Å². The number of nitrogens with one attached hydrogen (secondary N) is 1. The van der Waals surface area contributed by atoms with Crippen LogP contribution in [-0.2, 0) is 4.74 Å². The number of morpholine rings is 1. The average Bonchev–Trinajstić information content (AvgIpc) is 3.00. The summed E-state index contributed by atoms with van der Waals surface area (Å²) in [6.45, 7) is 7.84. The summed E-state index contributed by atoms with van der Waals surface area (Å²) in [5.74, 6) is -0.0155. The van der Waals surface area contributed by atoms with Crippen molar-refractivity contribution in [2.75, 3.05) is 26.2 Å². The van der Waals surface area contributed by atoms with Crippen LogP contribution in [0.1, 0.15) is 37.0 Å². The molecule has 2 atom stereocenters. The number of hydrogen-bond donors (Lipinski definition) is 1. The van der Waals surface area contributed by atoms with Crippen LogP contribution in [0.15, 0.2) is 29.2 Å². The lowest BCUT2D eigenvalue weighted by atomic mass is 10.1. The van der Waals surface area contributed by atoms with Crippen molar-refractivity contribution in [3.05, 3.63) is 29.8 Å². The molecular weight excluding hydrogens is 308 g/mol. The molecule has 126 valence electrons. The van der Waals surface area contributed by atoms with Crippen molar-refractivity contribution in [3.63, 3.8) is 0 Å². The zero-order valence-electron chi connectivity index (χ0n) is 14.0. The minimum absolute atomic E-state index is 0.0155. The van der Waals surface area contributed by atoms with Crippen molar-refractivity contribution in [3.8, 4) is 0 Å². The fourth-order valence-electron chi connectivity index (χ4n) is 3.27. The van der Waals surface area contributed by atoms with Crippen molar-refractivity contribution in [2.24, 2.45) is 0 Å². The first-order valence-electron chi connectivity index (χ1n) is 8.52. The van der Waals surface area contributed by atoms with E-state index in [2.05, 4.69) is 24.1 Å². The Labute approximate surface area is 143 Å². The highest BCUT2D eigenvalue weighted by Crippen LogP contribution is 2.23. The second-order valence-corrected chi connectivity index (χ2v) is 8.30. The van der Waals surface area contributed by atoms with Crippen LogP contribution in [0.3, 0.4) is 0 Å². The SMILES string of the molecule is CC(C)Sc1ccc(C(=O)NC[C@@H]2CN3CCC[C@@H]3CO2)cc1. The monoisotopic (exact) mass is 334 g/mol. The number of benzene rings is 1. The smallest absolute Gasteiger partial charge is 0.251 e. The van der Waals surface area contributed by atoms with Crippen LogP contribution < -0.4 is 5.32 Å². The Hall–Kier alpha value is -1.04. The van der Waals surface area contributed by atoms with E-state index in [1.54, 1.807) is 11.8 Å². The first kappa shape index (κ1) is 16.8. The van der Waals surface area contributed by atoms with E-state index >= 15 is 0 Å². The molecule has 1 aromatic carbocycles. The molecule has 0 bridgehead atoms. The fraction of sp³-hybridized carbons (Fsp3) is 0.611. The Bertz CT molecular complexity index is 532. The first-order chi connectivity index (χ1) is 11.1. The highest BCUT2D eigenvalue weighted by Gasteiger charge is 2.32. The van der Waals surface area contributed by atoms with Crippen LogP contribution in [0.25, 0.3) is 0 Å². The summed E-state index contributed by atoms with van der Waals surface area (Å²) >= 11 is 1.81. The van der Waals surface area contributed by atoms with Crippen LogP contribution in [0, 0.1) is 0 Å². The number of nitrogens with zero attached hydrogens (tertiary/aromatic N) is 1. The molecule has 4 nitrogen and oxygen atoms in total. The van der Waals surface area contributed by atoms with Crippen LogP contribution >= 0.6 is 11.8 Å². The minimum atomic E-state index is -0.0155. The summed E-state index contributed by atoms with van der Waals surface area (Å²) in [6.07, 6.45) is 2.64. The molecular formula is C18H26N2O2S. The van der Waals surface area contributed by atoms with Gasteiger partial charge in [0.05, 0.1) is 12.7 Å². The highest BCUT2D eigenvalue weighted by molar-refractivity contribution is 7.99. The largest absolute Gasteiger partial charge is 0.373 e. The molecule has 2 aliphatic rings. The van der Waals surface area contributed by atoms with Gasteiger partial charge in [-0.05, 0) is 43.7 Å². The standard InChI is InChI=1S/C18H26N2O2S/c1-13(2)23-17-7-5-14(6-8-17)18(21)19-10-16-11-20-9-3-4-15(20)12-22-16/h5-8,13,15-16H,3-4,9-12H2,1-2H3,(H,19,21)/t15-,16-/m1/s1. The fourth-order valence-corrected chi connectivity index (χ4v) is 4.11. The Morgan fingerprint density at radius 1 is 1.39 bits per heavy atom. The van der Waals surface area contributed by atoms with Crippen molar-refractivity contribution >= 4 is 17.7 Å². The van der Waals surface area contributed by atoms with Gasteiger partial charge in [-0.1, -0.05) is 13.8 Å². The maximum atomic E-state index is 12.3. The zero-order chi connectivity index (χ0) is 16.2. The number of carbonyl (C=O) groups excluding carboxylic acids is 1. The van der Waals surface area contributed by atoms with E-state index in [1.165, 1.54) is 24.3 Å². The van der Waals surface area contributed by atoms with Gasteiger partial charge >= 0.3 is 0 Å². The third-order valence-corrected chi connectivity index (χ3v) is 5.46. The molecule has 3 rings (SSSR count). The molecule has 0 aliphatic carbocycles. The average molecular weight is 334 g/mol. The Morgan fingerprint density at radius 3 is 2.91 bits per heavy atom. The molecule has 2 heterocycles. The number of carbonyl (C=O) groups is 1. The van der Waals surface area contributed by atoms with Crippen molar-refractivity contribution in [2.45, 2.75) is 49.0 Å². The quantitative estimate of drug-likeness (QED) is 0.841. The third kappa shape index (κ3) is 4.49. The molecule has 1 amide bonds. The third-order valence-electron chi connectivity index (χ3n) is 4.44. The van der Waals surface area contributed by atoms with Crippen LogP contribution in [0.5, 0.6) is 0 Å². The number of rotatable bonds is 5. The lowest BCUT2D eigenvalue weighted by Crippen LogP contribution is -2.50. The van der Waals surface area contributed by atoms with Crippen molar-refractivity contribution < 1.29 is 9.53 Å². The number of amides is 1. The summed E-state index contributed by atoms with van der Waals surface area (Å²) < 4.78 is 5.88. The van der Waals surface area contributed by atoms with E-state index in [9.17, 15) is 4.79 Å². The summed E-state index contributed by atoms with van der Waals surface area (Å²) in [4.78, 5) is 16.0. The molecule has 2 saturated heterocycles. The lowest BCUT2D eigenvalue weighted by molar-refractivity contribution is -0.0461. The van der Waals surface area contributed by atoms with Crippen LogP contribution in [-0.4, -0.2) is 54.4 Å². The topological polar surface area (TPSA) is 41.6 Å². The molecule has 1 aromatic rings. The van der Waals surface area contributed by atoms with E-state index in [4.69, 9.17) is 4.74 Å². The lowest BCUT2D eigenvalue weighted by Gasteiger charge is -2.35. The summed E-state index contributed by atoms with van der Waals surface area (Å²) in [5, 5.41) is 3.56. The molecule has 0 saturated carbocycles. The number of hydrogen-bond acceptors (Lipinski definition) is 4. The second-order valence-electron chi connectivity index (χ2n) is 6.65. The van der Waals surface area contributed by atoms with Gasteiger partial charge in [0.15, 0.2) is 0 Å². The summed E-state index contributed by atoms with van der Waals surface area (Å²) in [7, 11) is 0. The van der Waals surface area contributed by atoms with Gasteiger partial charge in [-0.2, -0.15) is 0 Å². The Morgan fingerprint density at radius 2 is 2.17 bits per heavy atom. The maximum absolute atomic E-state index is 12.3. The van der Waals surface area contributed by atoms with Crippen LogP contribution in [0.2, 0.25) is 0 Å². The van der Waals surface area contributed by atoms with Gasteiger partial charge in [0.25, 0.3) is 5.91 Å². The van der Waals surface area contributed by atoms with Crippen LogP contribution in [0.4, 0.5) is 0 Å². The molecule has 0 radical (unpaired) electrons. The first-order valence-corrected chi connectivity index (χ1v) is 9.40. The molecule has 2 fully saturated rings. The Kier molecular flexibility index (Phi) is 5.62. The number of ether oxygens (including phenoxy) is 1. The normalized spacial score (nSPS) is 24.7. The minimum Gasteiger partial charge on any atom is -0.373 e. The van der Waals surface area contributed by atoms with Gasteiger partial charge < -0.3 is 10.1 Å². The van der Waals surface area contributed by atoms with Gasteiger partial charge in [0.2, 0.25) is 0 Å². The predicted octanol–water partition coefficient (Wildman–Crippen LogP) is 2.78.